The van der Waals surface area contributed by atoms with Gasteiger partial charge < -0.3 is 5.32 Å². The minimum atomic E-state index is -0.902. The largest absolute Gasteiger partial charge is 0.354 e. The van der Waals surface area contributed by atoms with Crippen LogP contribution >= 0.6 is 0 Å². The summed E-state index contributed by atoms with van der Waals surface area (Å²) in [5.41, 5.74) is 4.23. The fourth-order valence-corrected chi connectivity index (χ4v) is 4.01. The molecule has 0 aliphatic rings. The highest BCUT2D eigenvalue weighted by molar-refractivity contribution is 6.01. The number of aryl methyl sites for hydroxylation is 2. The zero-order chi connectivity index (χ0) is 27.1. The molecule has 0 spiro atoms. The third kappa shape index (κ3) is 6.67. The summed E-state index contributed by atoms with van der Waals surface area (Å²) < 4.78 is 0. The van der Waals surface area contributed by atoms with E-state index in [1.807, 2.05) is 62.4 Å². The van der Waals surface area contributed by atoms with Gasteiger partial charge >= 0.3 is 0 Å². The molecule has 9 nitrogen and oxygen atoms in total. The molecule has 38 heavy (non-hydrogen) atoms. The monoisotopic (exact) mass is 511 g/mol. The molecule has 2 aromatic carbocycles. The molecule has 2 aromatic heterocycles. The van der Waals surface area contributed by atoms with Gasteiger partial charge in [0.15, 0.2) is 0 Å². The first-order chi connectivity index (χ1) is 18.3. The molecule has 9 heteroatoms. The second-order valence-electron chi connectivity index (χ2n) is 9.77. The lowest BCUT2D eigenvalue weighted by Gasteiger charge is -2.31. The van der Waals surface area contributed by atoms with Gasteiger partial charge in [-0.2, -0.15) is 4.80 Å². The van der Waals surface area contributed by atoms with E-state index < -0.39 is 6.04 Å². The predicted molar refractivity (Wildman–Crippen MR) is 146 cm³/mol. The summed E-state index contributed by atoms with van der Waals surface area (Å²) in [7, 11) is 0. The van der Waals surface area contributed by atoms with Gasteiger partial charge in [0.2, 0.25) is 11.7 Å². The summed E-state index contributed by atoms with van der Waals surface area (Å²) in [4.78, 5) is 34.4. The van der Waals surface area contributed by atoms with Gasteiger partial charge in [-0.1, -0.05) is 61.4 Å². The van der Waals surface area contributed by atoms with E-state index >= 15 is 0 Å². The Morgan fingerprint density at radius 3 is 2.18 bits per heavy atom. The maximum Gasteiger partial charge on any atom is 0.251 e. The van der Waals surface area contributed by atoms with Crippen molar-refractivity contribution in [2.75, 3.05) is 11.4 Å². The maximum absolute atomic E-state index is 13.9. The highest BCUT2D eigenvalue weighted by Crippen LogP contribution is 2.28. The maximum atomic E-state index is 13.9. The van der Waals surface area contributed by atoms with Gasteiger partial charge in [0.25, 0.3) is 5.91 Å². The van der Waals surface area contributed by atoms with E-state index in [4.69, 9.17) is 0 Å². The van der Waals surface area contributed by atoms with E-state index in [0.29, 0.717) is 29.5 Å². The summed E-state index contributed by atoms with van der Waals surface area (Å²) in [5, 5.41) is 15.7. The van der Waals surface area contributed by atoms with Crippen LogP contribution < -0.4 is 10.2 Å². The SMILES string of the molecule is Cc1ccc(-c2nnn(CC(=O)N(c3ccc(C)cc3)C(C(=O)NCCC(C)C)c3ccncc3)n2)cc1. The first kappa shape index (κ1) is 26.7. The predicted octanol–water partition coefficient (Wildman–Crippen LogP) is 4.29. The Morgan fingerprint density at radius 2 is 1.55 bits per heavy atom. The van der Waals surface area contributed by atoms with Crippen LogP contribution in [-0.2, 0) is 16.1 Å². The van der Waals surface area contributed by atoms with E-state index in [9.17, 15) is 9.59 Å². The molecule has 1 unspecified atom stereocenters. The van der Waals surface area contributed by atoms with Crippen LogP contribution in [-0.4, -0.2) is 43.6 Å². The van der Waals surface area contributed by atoms with E-state index in [-0.39, 0.29) is 18.4 Å². The number of hydrogen-bond donors (Lipinski definition) is 1. The fourth-order valence-electron chi connectivity index (χ4n) is 4.01. The summed E-state index contributed by atoms with van der Waals surface area (Å²) in [6.07, 6.45) is 4.07. The summed E-state index contributed by atoms with van der Waals surface area (Å²) in [6.45, 7) is 8.51. The highest BCUT2D eigenvalue weighted by atomic mass is 16.2. The quantitative estimate of drug-likeness (QED) is 0.341. The first-order valence-corrected chi connectivity index (χ1v) is 12.7. The van der Waals surface area contributed by atoms with Gasteiger partial charge in [-0.05, 0) is 61.2 Å². The molecule has 4 rings (SSSR count). The number of tetrazole rings is 1. The molecule has 0 radical (unpaired) electrons. The Morgan fingerprint density at radius 1 is 0.921 bits per heavy atom. The lowest BCUT2D eigenvalue weighted by Crippen LogP contribution is -2.45. The molecule has 1 N–H and O–H groups in total. The molecule has 0 fully saturated rings. The second kappa shape index (κ2) is 12.2. The molecule has 0 aliphatic carbocycles. The van der Waals surface area contributed by atoms with E-state index in [1.165, 1.54) is 9.70 Å². The molecular formula is C29H33N7O2. The zero-order valence-corrected chi connectivity index (χ0v) is 22.2. The zero-order valence-electron chi connectivity index (χ0n) is 22.2. The Balaban J connectivity index is 1.67. The Hall–Kier alpha value is -4.40. The van der Waals surface area contributed by atoms with Crippen molar-refractivity contribution in [3.05, 3.63) is 89.7 Å². The standard InChI is InChI=1S/C29H33N7O2/c1-20(2)13-18-31-29(38)27(23-14-16-30-17-15-23)36(25-11-7-22(4)8-12-25)26(37)19-35-33-28(32-34-35)24-9-5-21(3)6-10-24/h5-12,14-17,20,27H,13,18-19H2,1-4H3,(H,31,38). The van der Waals surface area contributed by atoms with E-state index in [2.05, 4.69) is 39.6 Å². The summed E-state index contributed by atoms with van der Waals surface area (Å²) in [5.74, 6) is 0.252. The average Bonchev–Trinajstić information content (AvgIpc) is 3.36. The van der Waals surface area contributed by atoms with Gasteiger partial charge in [0, 0.05) is 30.2 Å². The van der Waals surface area contributed by atoms with Crippen molar-refractivity contribution in [1.82, 2.24) is 30.5 Å². The lowest BCUT2D eigenvalue weighted by atomic mass is 10.0. The van der Waals surface area contributed by atoms with Gasteiger partial charge in [0.1, 0.15) is 12.6 Å². The fraction of sp³-hybridized carbons (Fsp3) is 0.310. The van der Waals surface area contributed by atoms with Crippen molar-refractivity contribution >= 4 is 17.5 Å². The number of aromatic nitrogens is 5. The first-order valence-electron chi connectivity index (χ1n) is 12.7. The number of nitrogens with zero attached hydrogens (tertiary/aromatic N) is 6. The van der Waals surface area contributed by atoms with Crippen LogP contribution in [0.2, 0.25) is 0 Å². The molecule has 4 aromatic rings. The molecule has 0 saturated heterocycles. The van der Waals surface area contributed by atoms with Crippen molar-refractivity contribution in [3.8, 4) is 11.4 Å². The number of carbonyl (C=O) groups is 2. The van der Waals surface area contributed by atoms with E-state index in [0.717, 1.165) is 23.1 Å². The Bertz CT molecular complexity index is 1350. The lowest BCUT2D eigenvalue weighted by molar-refractivity contribution is -0.127. The summed E-state index contributed by atoms with van der Waals surface area (Å²) in [6, 6.07) is 17.9. The number of carbonyl (C=O) groups excluding carboxylic acids is 2. The number of hydrogen-bond acceptors (Lipinski definition) is 6. The average molecular weight is 512 g/mol. The number of pyridine rings is 1. The van der Waals surface area contributed by atoms with Crippen LogP contribution in [0.25, 0.3) is 11.4 Å². The summed E-state index contributed by atoms with van der Waals surface area (Å²) >= 11 is 0. The van der Waals surface area contributed by atoms with Crippen LogP contribution in [0.5, 0.6) is 0 Å². The van der Waals surface area contributed by atoms with Gasteiger partial charge in [-0.15, -0.1) is 10.2 Å². The van der Waals surface area contributed by atoms with Gasteiger partial charge in [-0.3, -0.25) is 19.5 Å². The number of rotatable bonds is 10. The van der Waals surface area contributed by atoms with Crippen molar-refractivity contribution in [2.45, 2.75) is 46.7 Å². The van der Waals surface area contributed by atoms with Crippen LogP contribution in [0.3, 0.4) is 0 Å². The molecule has 2 heterocycles. The van der Waals surface area contributed by atoms with Crippen molar-refractivity contribution in [2.24, 2.45) is 5.92 Å². The number of nitrogens with one attached hydrogen (secondary N) is 1. The molecule has 1 atom stereocenters. The van der Waals surface area contributed by atoms with Crippen molar-refractivity contribution in [1.29, 1.82) is 0 Å². The number of amides is 2. The second-order valence-corrected chi connectivity index (χ2v) is 9.77. The topological polar surface area (TPSA) is 106 Å². The van der Waals surface area contributed by atoms with E-state index in [1.54, 1.807) is 24.5 Å². The van der Waals surface area contributed by atoms with Crippen LogP contribution in [0.4, 0.5) is 5.69 Å². The van der Waals surface area contributed by atoms with Crippen LogP contribution in [0, 0.1) is 19.8 Å². The third-order valence-electron chi connectivity index (χ3n) is 6.17. The molecule has 0 saturated carbocycles. The highest BCUT2D eigenvalue weighted by Gasteiger charge is 2.33. The van der Waals surface area contributed by atoms with Crippen molar-refractivity contribution < 1.29 is 9.59 Å². The normalized spacial score (nSPS) is 11.8. The van der Waals surface area contributed by atoms with Crippen molar-refractivity contribution in [3.63, 3.8) is 0 Å². The van der Waals surface area contributed by atoms with Gasteiger partial charge in [-0.25, -0.2) is 0 Å². The molecular weight excluding hydrogens is 478 g/mol. The minimum absolute atomic E-state index is 0.187. The number of benzene rings is 2. The third-order valence-corrected chi connectivity index (χ3v) is 6.17. The molecule has 2 amide bonds. The molecule has 0 aliphatic heterocycles. The Labute approximate surface area is 222 Å². The minimum Gasteiger partial charge on any atom is -0.354 e. The smallest absolute Gasteiger partial charge is 0.251 e. The van der Waals surface area contributed by atoms with Gasteiger partial charge in [0.05, 0.1) is 0 Å². The van der Waals surface area contributed by atoms with Crippen LogP contribution in [0.1, 0.15) is 43.0 Å². The Kier molecular flexibility index (Phi) is 8.58. The number of anilines is 1. The molecule has 0 bridgehead atoms. The van der Waals surface area contributed by atoms with Crippen LogP contribution in [0.15, 0.2) is 73.1 Å². The molecule has 196 valence electrons.